The van der Waals surface area contributed by atoms with Gasteiger partial charge in [-0.05, 0) is 46.0 Å². The fourth-order valence-corrected chi connectivity index (χ4v) is 3.54. The van der Waals surface area contributed by atoms with E-state index in [4.69, 9.17) is 9.47 Å². The van der Waals surface area contributed by atoms with Gasteiger partial charge in [0, 0.05) is 30.3 Å². The monoisotopic (exact) mass is 364 g/mol. The average molecular weight is 364 g/mol. The van der Waals surface area contributed by atoms with Gasteiger partial charge in [0.1, 0.15) is 6.10 Å². The number of alkyl carbamates (subject to hydrolysis) is 1. The van der Waals surface area contributed by atoms with E-state index in [1.165, 1.54) is 0 Å². The molecule has 0 bridgehead atoms. The fourth-order valence-electron chi connectivity index (χ4n) is 3.54. The van der Waals surface area contributed by atoms with Gasteiger partial charge in [0.15, 0.2) is 5.82 Å². The zero-order chi connectivity index (χ0) is 18.5. The number of hydrogen-bond donors (Lipinski definition) is 3. The number of anilines is 1. The number of H-pyrrole nitrogens is 1. The summed E-state index contributed by atoms with van der Waals surface area (Å²) >= 11 is 0. The first kappa shape index (κ1) is 18.7. The molecule has 2 amide bonds. The topological polar surface area (TPSA) is 105 Å². The van der Waals surface area contributed by atoms with Gasteiger partial charge in [0.2, 0.25) is 5.91 Å². The van der Waals surface area contributed by atoms with E-state index in [0.29, 0.717) is 12.4 Å². The molecule has 3 atom stereocenters. The zero-order valence-electron chi connectivity index (χ0n) is 15.4. The molecule has 1 aromatic rings. The lowest BCUT2D eigenvalue weighted by Gasteiger charge is -2.20. The molecule has 0 spiro atoms. The lowest BCUT2D eigenvalue weighted by Crippen LogP contribution is -2.33. The Morgan fingerprint density at radius 3 is 2.92 bits per heavy atom. The van der Waals surface area contributed by atoms with Crippen LogP contribution in [0, 0.1) is 5.92 Å². The minimum absolute atomic E-state index is 0.0410. The van der Waals surface area contributed by atoms with E-state index in [2.05, 4.69) is 20.8 Å². The first-order chi connectivity index (χ1) is 12.5. The molecule has 1 saturated carbocycles. The Morgan fingerprint density at radius 1 is 1.35 bits per heavy atom. The van der Waals surface area contributed by atoms with Crippen molar-refractivity contribution in [2.24, 2.45) is 5.92 Å². The highest BCUT2D eigenvalue weighted by atomic mass is 16.6. The predicted molar refractivity (Wildman–Crippen MR) is 95.9 cm³/mol. The third kappa shape index (κ3) is 4.97. The summed E-state index contributed by atoms with van der Waals surface area (Å²) in [5.74, 6) is 0.647. The van der Waals surface area contributed by atoms with Crippen molar-refractivity contribution in [3.05, 3.63) is 11.8 Å². The standard InChI is InChI=1S/C18H28N4O4/c1-11(2)19-18(24)26-14-6-5-12(8-14)15-9-16(22-21-15)20-17(23)13-4-3-7-25-10-13/h9,11-14H,3-8,10H2,1-2H3,(H,19,24)(H2,20,21,22,23)/t12-,13-,14+/m0/s1. The Hall–Kier alpha value is -2.09. The van der Waals surface area contributed by atoms with Gasteiger partial charge in [-0.15, -0.1) is 0 Å². The van der Waals surface area contributed by atoms with Gasteiger partial charge in [0.05, 0.1) is 12.5 Å². The van der Waals surface area contributed by atoms with Crippen LogP contribution in [0.4, 0.5) is 10.6 Å². The van der Waals surface area contributed by atoms with Gasteiger partial charge < -0.3 is 20.1 Å². The summed E-state index contributed by atoms with van der Waals surface area (Å²) in [5.41, 5.74) is 0.968. The molecular formula is C18H28N4O4. The second kappa shape index (κ2) is 8.53. The highest BCUT2D eigenvalue weighted by Crippen LogP contribution is 2.35. The van der Waals surface area contributed by atoms with E-state index < -0.39 is 0 Å². The van der Waals surface area contributed by atoms with Crippen LogP contribution in [0.5, 0.6) is 0 Å². The molecule has 3 N–H and O–H groups in total. The number of hydrogen-bond acceptors (Lipinski definition) is 5. The van der Waals surface area contributed by atoms with Crippen LogP contribution in [-0.4, -0.2) is 47.6 Å². The molecule has 0 aromatic carbocycles. The number of rotatable bonds is 5. The van der Waals surface area contributed by atoms with Crippen LogP contribution in [0.25, 0.3) is 0 Å². The van der Waals surface area contributed by atoms with E-state index in [0.717, 1.165) is 44.4 Å². The smallest absolute Gasteiger partial charge is 0.407 e. The summed E-state index contributed by atoms with van der Waals surface area (Å²) in [6.45, 7) is 5.01. The largest absolute Gasteiger partial charge is 0.446 e. The molecule has 8 nitrogen and oxygen atoms in total. The van der Waals surface area contributed by atoms with Crippen molar-refractivity contribution >= 4 is 17.8 Å². The van der Waals surface area contributed by atoms with E-state index >= 15 is 0 Å². The Balaban J connectivity index is 1.49. The van der Waals surface area contributed by atoms with Crippen LogP contribution in [0.1, 0.15) is 57.6 Å². The molecule has 2 fully saturated rings. The summed E-state index contributed by atoms with van der Waals surface area (Å²) in [7, 11) is 0. The van der Waals surface area contributed by atoms with Crippen molar-refractivity contribution in [2.45, 2.75) is 64.0 Å². The summed E-state index contributed by atoms with van der Waals surface area (Å²) in [6, 6.07) is 1.94. The molecule has 1 aliphatic carbocycles. The highest BCUT2D eigenvalue weighted by molar-refractivity contribution is 5.91. The molecule has 1 saturated heterocycles. The van der Waals surface area contributed by atoms with Gasteiger partial charge >= 0.3 is 6.09 Å². The molecule has 1 aromatic heterocycles. The molecule has 0 unspecified atom stereocenters. The maximum atomic E-state index is 12.2. The average Bonchev–Trinajstić information content (AvgIpc) is 3.24. The van der Waals surface area contributed by atoms with Crippen LogP contribution in [0.3, 0.4) is 0 Å². The predicted octanol–water partition coefficient (Wildman–Crippen LogP) is 2.55. The van der Waals surface area contributed by atoms with Crippen molar-refractivity contribution in [3.8, 4) is 0 Å². The van der Waals surface area contributed by atoms with Gasteiger partial charge in [0.25, 0.3) is 0 Å². The maximum Gasteiger partial charge on any atom is 0.407 e. The first-order valence-corrected chi connectivity index (χ1v) is 9.42. The maximum absolute atomic E-state index is 12.2. The lowest BCUT2D eigenvalue weighted by atomic mass is 10.0. The Bertz CT molecular complexity index is 624. The molecule has 1 aliphatic heterocycles. The van der Waals surface area contributed by atoms with Crippen LogP contribution in [0.2, 0.25) is 0 Å². The van der Waals surface area contributed by atoms with Crippen LogP contribution in [0.15, 0.2) is 6.07 Å². The zero-order valence-corrected chi connectivity index (χ0v) is 15.4. The summed E-state index contributed by atoms with van der Waals surface area (Å²) in [6.07, 6.45) is 3.83. The summed E-state index contributed by atoms with van der Waals surface area (Å²) in [5, 5.41) is 12.8. The van der Waals surface area contributed by atoms with E-state index in [1.807, 2.05) is 19.9 Å². The van der Waals surface area contributed by atoms with E-state index in [1.54, 1.807) is 0 Å². The SMILES string of the molecule is CC(C)NC(=O)O[C@@H]1CC[C@H](c2cc(NC(=O)[C@H]3CCCOC3)n[nH]2)C1. The minimum atomic E-state index is -0.363. The molecule has 26 heavy (non-hydrogen) atoms. The molecule has 2 heterocycles. The summed E-state index contributed by atoms with van der Waals surface area (Å²) < 4.78 is 10.8. The molecule has 3 rings (SSSR count). The number of ether oxygens (including phenoxy) is 2. The number of aromatic nitrogens is 2. The Morgan fingerprint density at radius 2 is 2.19 bits per heavy atom. The minimum Gasteiger partial charge on any atom is -0.446 e. The Kier molecular flexibility index (Phi) is 6.13. The molecule has 144 valence electrons. The van der Waals surface area contributed by atoms with E-state index in [9.17, 15) is 9.59 Å². The van der Waals surface area contributed by atoms with Gasteiger partial charge in [-0.2, -0.15) is 5.10 Å². The molecule has 8 heteroatoms. The van der Waals surface area contributed by atoms with Crippen molar-refractivity contribution in [1.29, 1.82) is 0 Å². The van der Waals surface area contributed by atoms with Crippen LogP contribution >= 0.6 is 0 Å². The quantitative estimate of drug-likeness (QED) is 0.745. The second-order valence-electron chi connectivity index (χ2n) is 7.45. The number of nitrogens with zero attached hydrogens (tertiary/aromatic N) is 1. The first-order valence-electron chi connectivity index (χ1n) is 9.42. The van der Waals surface area contributed by atoms with Crippen molar-refractivity contribution in [3.63, 3.8) is 0 Å². The normalized spacial score (nSPS) is 25.9. The second-order valence-corrected chi connectivity index (χ2v) is 7.45. The number of aromatic amines is 1. The van der Waals surface area contributed by atoms with Gasteiger partial charge in [-0.3, -0.25) is 9.89 Å². The van der Waals surface area contributed by atoms with Gasteiger partial charge in [-0.1, -0.05) is 0 Å². The highest BCUT2D eigenvalue weighted by Gasteiger charge is 2.30. The fraction of sp³-hybridized carbons (Fsp3) is 0.722. The van der Waals surface area contributed by atoms with Gasteiger partial charge in [-0.25, -0.2) is 4.79 Å². The number of amides is 2. The van der Waals surface area contributed by atoms with E-state index in [-0.39, 0.29) is 36.0 Å². The van der Waals surface area contributed by atoms with Crippen LogP contribution < -0.4 is 10.6 Å². The third-order valence-electron chi connectivity index (χ3n) is 4.88. The van der Waals surface area contributed by atoms with Crippen molar-refractivity contribution in [2.75, 3.05) is 18.5 Å². The summed E-state index contributed by atoms with van der Waals surface area (Å²) in [4.78, 5) is 24.0. The van der Waals surface area contributed by atoms with Crippen molar-refractivity contribution in [1.82, 2.24) is 15.5 Å². The number of nitrogens with one attached hydrogen (secondary N) is 3. The number of carbonyl (C=O) groups is 2. The molecule has 0 radical (unpaired) electrons. The number of carbonyl (C=O) groups excluding carboxylic acids is 2. The lowest BCUT2D eigenvalue weighted by molar-refractivity contribution is -0.123. The molecule has 2 aliphatic rings. The van der Waals surface area contributed by atoms with Crippen molar-refractivity contribution < 1.29 is 19.1 Å². The molecular weight excluding hydrogens is 336 g/mol. The third-order valence-corrected chi connectivity index (χ3v) is 4.88. The Labute approximate surface area is 153 Å². The van der Waals surface area contributed by atoms with Crippen LogP contribution in [-0.2, 0) is 14.3 Å².